The summed E-state index contributed by atoms with van der Waals surface area (Å²) < 4.78 is 0. The van der Waals surface area contributed by atoms with Crippen LogP contribution in [0, 0.1) is 0 Å². The first kappa shape index (κ1) is 15.5. The molecule has 1 aromatic carbocycles. The van der Waals surface area contributed by atoms with Crippen LogP contribution in [-0.2, 0) is 11.2 Å². The van der Waals surface area contributed by atoms with Gasteiger partial charge in [-0.05, 0) is 37.0 Å². The van der Waals surface area contributed by atoms with Crippen LogP contribution in [0.2, 0.25) is 0 Å². The van der Waals surface area contributed by atoms with Gasteiger partial charge >= 0.3 is 5.97 Å². The standard InChI is InChI=1S/C16H22N2O3/c17-16(8-1-2-9-16)11-14(19)18-10-7-12-3-5-13(6-4-12)15(20)21/h3-6H,1-2,7-11,17H2,(H,18,19)(H,20,21). The molecule has 4 N–H and O–H groups in total. The molecule has 21 heavy (non-hydrogen) atoms. The largest absolute Gasteiger partial charge is 0.478 e. The molecule has 1 aliphatic carbocycles. The van der Waals surface area contributed by atoms with Crippen LogP contribution in [0.15, 0.2) is 24.3 Å². The molecule has 1 amide bonds. The second-order valence-electron chi connectivity index (χ2n) is 5.85. The van der Waals surface area contributed by atoms with E-state index in [0.717, 1.165) is 31.2 Å². The number of carbonyl (C=O) groups excluding carboxylic acids is 1. The summed E-state index contributed by atoms with van der Waals surface area (Å²) in [5.74, 6) is -0.929. The lowest BCUT2D eigenvalue weighted by atomic mass is 9.94. The number of aromatic carboxylic acids is 1. The van der Waals surface area contributed by atoms with E-state index in [0.29, 0.717) is 19.4 Å². The van der Waals surface area contributed by atoms with E-state index < -0.39 is 5.97 Å². The first-order valence-corrected chi connectivity index (χ1v) is 7.36. The number of amides is 1. The van der Waals surface area contributed by atoms with Gasteiger partial charge in [-0.2, -0.15) is 0 Å². The zero-order chi connectivity index (χ0) is 15.3. The SMILES string of the molecule is NC1(CC(=O)NCCc2ccc(C(=O)O)cc2)CCCC1. The molecule has 0 radical (unpaired) electrons. The summed E-state index contributed by atoms with van der Waals surface area (Å²) in [6.07, 6.45) is 5.15. The Bertz CT molecular complexity index is 505. The van der Waals surface area contributed by atoms with Gasteiger partial charge in [-0.25, -0.2) is 4.79 Å². The topological polar surface area (TPSA) is 92.4 Å². The summed E-state index contributed by atoms with van der Waals surface area (Å²) >= 11 is 0. The normalized spacial score (nSPS) is 16.6. The van der Waals surface area contributed by atoms with Crippen LogP contribution in [0.5, 0.6) is 0 Å². The molecule has 0 unspecified atom stereocenters. The molecular formula is C16H22N2O3. The number of benzene rings is 1. The van der Waals surface area contributed by atoms with Gasteiger partial charge in [0, 0.05) is 18.5 Å². The molecule has 114 valence electrons. The van der Waals surface area contributed by atoms with E-state index in [4.69, 9.17) is 10.8 Å². The lowest BCUT2D eigenvalue weighted by Crippen LogP contribution is -2.42. The van der Waals surface area contributed by atoms with E-state index in [1.807, 2.05) is 0 Å². The third-order valence-corrected chi connectivity index (χ3v) is 4.05. The number of carboxylic acid groups (broad SMARTS) is 1. The highest BCUT2D eigenvalue weighted by Gasteiger charge is 2.31. The molecule has 5 nitrogen and oxygen atoms in total. The number of hydrogen-bond donors (Lipinski definition) is 3. The highest BCUT2D eigenvalue weighted by molar-refractivity contribution is 5.87. The van der Waals surface area contributed by atoms with E-state index in [-0.39, 0.29) is 17.0 Å². The lowest BCUT2D eigenvalue weighted by Gasteiger charge is -2.22. The molecule has 1 aliphatic rings. The molecule has 1 saturated carbocycles. The Morgan fingerprint density at radius 1 is 1.19 bits per heavy atom. The molecule has 5 heteroatoms. The Labute approximate surface area is 124 Å². The van der Waals surface area contributed by atoms with Crippen molar-refractivity contribution in [3.05, 3.63) is 35.4 Å². The van der Waals surface area contributed by atoms with Crippen molar-refractivity contribution >= 4 is 11.9 Å². The average Bonchev–Trinajstić information content (AvgIpc) is 2.85. The number of rotatable bonds is 6. The Morgan fingerprint density at radius 3 is 2.38 bits per heavy atom. The van der Waals surface area contributed by atoms with Crippen molar-refractivity contribution < 1.29 is 14.7 Å². The van der Waals surface area contributed by atoms with Crippen molar-refractivity contribution in [2.75, 3.05) is 6.54 Å². The van der Waals surface area contributed by atoms with Crippen LogP contribution < -0.4 is 11.1 Å². The summed E-state index contributed by atoms with van der Waals surface area (Å²) in [6.45, 7) is 0.543. The van der Waals surface area contributed by atoms with Gasteiger partial charge in [-0.15, -0.1) is 0 Å². The summed E-state index contributed by atoms with van der Waals surface area (Å²) in [6, 6.07) is 6.70. The van der Waals surface area contributed by atoms with Crippen molar-refractivity contribution in [3.8, 4) is 0 Å². The van der Waals surface area contributed by atoms with Crippen LogP contribution in [-0.4, -0.2) is 29.1 Å². The van der Waals surface area contributed by atoms with Crippen molar-refractivity contribution in [1.29, 1.82) is 0 Å². The molecule has 0 aromatic heterocycles. The first-order chi connectivity index (χ1) is 9.98. The Kier molecular flexibility index (Phi) is 4.96. The maximum absolute atomic E-state index is 11.9. The molecule has 1 aromatic rings. The number of nitrogens with two attached hydrogens (primary N) is 1. The maximum Gasteiger partial charge on any atom is 0.335 e. The molecule has 0 saturated heterocycles. The van der Waals surface area contributed by atoms with E-state index in [1.54, 1.807) is 24.3 Å². The van der Waals surface area contributed by atoms with E-state index in [1.165, 1.54) is 0 Å². The fraction of sp³-hybridized carbons (Fsp3) is 0.500. The second-order valence-corrected chi connectivity index (χ2v) is 5.85. The van der Waals surface area contributed by atoms with Crippen molar-refractivity contribution in [2.45, 2.75) is 44.1 Å². The van der Waals surface area contributed by atoms with Crippen molar-refractivity contribution in [3.63, 3.8) is 0 Å². The van der Waals surface area contributed by atoms with Gasteiger partial charge in [0.25, 0.3) is 0 Å². The van der Waals surface area contributed by atoms with Gasteiger partial charge in [0.1, 0.15) is 0 Å². The minimum Gasteiger partial charge on any atom is -0.478 e. The smallest absolute Gasteiger partial charge is 0.335 e. The Hall–Kier alpha value is -1.88. The molecule has 0 bridgehead atoms. The molecule has 1 fully saturated rings. The van der Waals surface area contributed by atoms with Gasteiger partial charge in [-0.1, -0.05) is 25.0 Å². The van der Waals surface area contributed by atoms with Crippen molar-refractivity contribution in [2.24, 2.45) is 5.73 Å². The first-order valence-electron chi connectivity index (χ1n) is 7.36. The molecule has 0 heterocycles. The fourth-order valence-electron chi connectivity index (χ4n) is 2.80. The number of carbonyl (C=O) groups is 2. The van der Waals surface area contributed by atoms with Gasteiger partial charge in [-0.3, -0.25) is 4.79 Å². The summed E-state index contributed by atoms with van der Waals surface area (Å²) in [5, 5.41) is 11.7. The Balaban J connectivity index is 1.73. The molecule has 0 atom stereocenters. The summed E-state index contributed by atoms with van der Waals surface area (Å²) in [7, 11) is 0. The van der Waals surface area contributed by atoms with E-state index in [9.17, 15) is 9.59 Å². The van der Waals surface area contributed by atoms with Crippen LogP contribution in [0.1, 0.15) is 48.0 Å². The van der Waals surface area contributed by atoms with E-state index >= 15 is 0 Å². The number of nitrogens with one attached hydrogen (secondary N) is 1. The molecule has 2 rings (SSSR count). The van der Waals surface area contributed by atoms with Gasteiger partial charge in [0.15, 0.2) is 0 Å². The predicted molar refractivity (Wildman–Crippen MR) is 80.1 cm³/mol. The summed E-state index contributed by atoms with van der Waals surface area (Å²) in [5.41, 5.74) is 7.13. The van der Waals surface area contributed by atoms with Crippen LogP contribution in [0.25, 0.3) is 0 Å². The minimum atomic E-state index is -0.931. The molecule has 0 aliphatic heterocycles. The van der Waals surface area contributed by atoms with Crippen LogP contribution in [0.4, 0.5) is 0 Å². The lowest BCUT2D eigenvalue weighted by molar-refractivity contribution is -0.122. The number of carboxylic acids is 1. The third kappa shape index (κ3) is 4.56. The molecular weight excluding hydrogens is 268 g/mol. The predicted octanol–water partition coefficient (Wildman–Crippen LogP) is 1.71. The zero-order valence-corrected chi connectivity index (χ0v) is 12.1. The maximum atomic E-state index is 11.9. The van der Waals surface area contributed by atoms with Gasteiger partial charge in [0.2, 0.25) is 5.91 Å². The van der Waals surface area contributed by atoms with Gasteiger partial charge in [0.05, 0.1) is 5.56 Å². The van der Waals surface area contributed by atoms with E-state index in [2.05, 4.69) is 5.32 Å². The average molecular weight is 290 g/mol. The highest BCUT2D eigenvalue weighted by atomic mass is 16.4. The van der Waals surface area contributed by atoms with Gasteiger partial charge < -0.3 is 16.2 Å². The van der Waals surface area contributed by atoms with Crippen LogP contribution >= 0.6 is 0 Å². The third-order valence-electron chi connectivity index (χ3n) is 4.05. The minimum absolute atomic E-state index is 0.00144. The monoisotopic (exact) mass is 290 g/mol. The second kappa shape index (κ2) is 6.72. The Morgan fingerprint density at radius 2 is 1.81 bits per heavy atom. The molecule has 0 spiro atoms. The zero-order valence-electron chi connectivity index (χ0n) is 12.1. The fourth-order valence-corrected chi connectivity index (χ4v) is 2.80. The van der Waals surface area contributed by atoms with Crippen molar-refractivity contribution in [1.82, 2.24) is 5.32 Å². The number of hydrogen-bond acceptors (Lipinski definition) is 3. The van der Waals surface area contributed by atoms with Crippen LogP contribution in [0.3, 0.4) is 0 Å². The highest BCUT2D eigenvalue weighted by Crippen LogP contribution is 2.29. The summed E-state index contributed by atoms with van der Waals surface area (Å²) in [4.78, 5) is 22.6. The quantitative estimate of drug-likeness (QED) is 0.743.